The van der Waals surface area contributed by atoms with Crippen molar-refractivity contribution in [1.29, 1.82) is 0 Å². The first kappa shape index (κ1) is 8.90. The average Bonchev–Trinajstić information content (AvgIpc) is 2.62. The van der Waals surface area contributed by atoms with E-state index in [1.54, 1.807) is 10.9 Å². The van der Waals surface area contributed by atoms with E-state index in [0.717, 1.165) is 11.0 Å². The van der Waals surface area contributed by atoms with Gasteiger partial charge in [-0.05, 0) is 12.1 Å². The summed E-state index contributed by atoms with van der Waals surface area (Å²) in [4.78, 5) is 14.4. The van der Waals surface area contributed by atoms with Crippen molar-refractivity contribution in [2.24, 2.45) is 0 Å². The molecule has 14 heavy (non-hydrogen) atoms. The van der Waals surface area contributed by atoms with Crippen LogP contribution < -0.4 is 0 Å². The van der Waals surface area contributed by atoms with Gasteiger partial charge in [-0.1, -0.05) is 12.1 Å². The lowest BCUT2D eigenvalue weighted by molar-refractivity contribution is -0.115. The zero-order chi connectivity index (χ0) is 9.97. The molecule has 1 atom stereocenters. The Labute approximate surface area is 80.8 Å². The van der Waals surface area contributed by atoms with Gasteiger partial charge < -0.3 is 14.5 Å². The molecule has 1 aromatic heterocycles. The van der Waals surface area contributed by atoms with Gasteiger partial charge in [0.05, 0.1) is 23.9 Å². The molecule has 4 nitrogen and oxygen atoms in total. The summed E-state index contributed by atoms with van der Waals surface area (Å²) in [6.07, 6.45) is 1.18. The smallest absolute Gasteiger partial charge is 0.150 e. The van der Waals surface area contributed by atoms with E-state index in [1.165, 1.54) is 0 Å². The highest BCUT2D eigenvalue weighted by atomic mass is 16.3. The summed E-state index contributed by atoms with van der Waals surface area (Å²) in [5.74, 6) is 0. The molecule has 4 heteroatoms. The van der Waals surface area contributed by atoms with Gasteiger partial charge in [0.15, 0.2) is 0 Å². The van der Waals surface area contributed by atoms with Gasteiger partial charge in [0, 0.05) is 0 Å². The van der Waals surface area contributed by atoms with Crippen molar-refractivity contribution >= 4 is 17.3 Å². The molecule has 0 aliphatic carbocycles. The summed E-state index contributed by atoms with van der Waals surface area (Å²) in [5, 5.41) is 9.17. The topological polar surface area (TPSA) is 55.1 Å². The largest absolute Gasteiger partial charge is 0.384 e. The van der Waals surface area contributed by atoms with Crippen LogP contribution in [0.25, 0.3) is 11.0 Å². The lowest BCUT2D eigenvalue weighted by Gasteiger charge is -2.04. The van der Waals surface area contributed by atoms with Crippen molar-refractivity contribution in [3.8, 4) is 0 Å². The lowest BCUT2D eigenvalue weighted by atomic mass is 10.3. The van der Waals surface area contributed by atoms with Gasteiger partial charge >= 0.3 is 0 Å². The third kappa shape index (κ3) is 1.52. The number of imidazole rings is 1. The molecule has 1 heterocycles. The van der Waals surface area contributed by atoms with Crippen LogP contribution in [-0.2, 0) is 11.3 Å². The van der Waals surface area contributed by atoms with Crippen LogP contribution in [0.5, 0.6) is 0 Å². The Bertz CT molecular complexity index is 450. The number of carbonyl (C=O) groups excluding carboxylic acids is 1. The Morgan fingerprint density at radius 1 is 1.50 bits per heavy atom. The molecular formula is C10H10N2O2. The Kier molecular flexibility index (Phi) is 2.28. The van der Waals surface area contributed by atoms with E-state index >= 15 is 0 Å². The minimum atomic E-state index is -0.965. The molecule has 0 amide bonds. The monoisotopic (exact) mass is 190 g/mol. The van der Waals surface area contributed by atoms with Crippen LogP contribution in [0.2, 0.25) is 0 Å². The molecule has 0 aliphatic heterocycles. The Hall–Kier alpha value is -1.68. The summed E-state index contributed by atoms with van der Waals surface area (Å²) in [7, 11) is 0. The average molecular weight is 190 g/mol. The number of carbonyl (C=O) groups is 1. The second-order valence-corrected chi connectivity index (χ2v) is 3.09. The molecule has 1 unspecified atom stereocenters. The third-order valence-corrected chi connectivity index (χ3v) is 2.07. The molecule has 72 valence electrons. The van der Waals surface area contributed by atoms with E-state index in [2.05, 4.69) is 4.98 Å². The molecule has 0 fully saturated rings. The molecule has 0 spiro atoms. The number of nitrogens with zero attached hydrogens (tertiary/aromatic N) is 2. The summed E-state index contributed by atoms with van der Waals surface area (Å²) in [6, 6.07) is 7.59. The number of aliphatic hydroxyl groups is 1. The molecule has 2 aromatic rings. The van der Waals surface area contributed by atoms with E-state index in [4.69, 9.17) is 0 Å². The summed E-state index contributed by atoms with van der Waals surface area (Å²) < 4.78 is 1.76. The quantitative estimate of drug-likeness (QED) is 0.721. The Morgan fingerprint density at radius 3 is 3.07 bits per heavy atom. The van der Waals surface area contributed by atoms with Gasteiger partial charge in [-0.3, -0.25) is 0 Å². The van der Waals surface area contributed by atoms with Crippen LogP contribution in [0.4, 0.5) is 0 Å². The predicted molar refractivity (Wildman–Crippen MR) is 51.8 cm³/mol. The summed E-state index contributed by atoms with van der Waals surface area (Å²) in [5.41, 5.74) is 1.79. The standard InChI is InChI=1S/C10H10N2O2/c13-6-8(14)5-12-7-11-9-3-1-2-4-10(9)12/h1-4,6-8,14H,5H2. The molecule has 0 saturated carbocycles. The zero-order valence-electron chi connectivity index (χ0n) is 7.50. The highest BCUT2D eigenvalue weighted by Crippen LogP contribution is 2.11. The Balaban J connectivity index is 2.38. The predicted octanol–water partition coefficient (Wildman–Crippen LogP) is 0.596. The number of aromatic nitrogens is 2. The van der Waals surface area contributed by atoms with Crippen LogP contribution in [-0.4, -0.2) is 27.0 Å². The number of benzene rings is 1. The highest BCUT2D eigenvalue weighted by Gasteiger charge is 2.06. The maximum absolute atomic E-state index is 10.3. The number of para-hydroxylation sites is 2. The number of aliphatic hydroxyl groups excluding tert-OH is 1. The SMILES string of the molecule is O=CC(O)Cn1cnc2ccccc21. The molecule has 1 aromatic carbocycles. The number of hydrogen-bond donors (Lipinski definition) is 1. The minimum absolute atomic E-state index is 0.254. The first-order chi connectivity index (χ1) is 6.81. The van der Waals surface area contributed by atoms with Gasteiger partial charge in [0.25, 0.3) is 0 Å². The number of aldehydes is 1. The molecular weight excluding hydrogens is 180 g/mol. The van der Waals surface area contributed by atoms with Crippen LogP contribution in [0.1, 0.15) is 0 Å². The number of rotatable bonds is 3. The van der Waals surface area contributed by atoms with Gasteiger partial charge in [0.2, 0.25) is 0 Å². The van der Waals surface area contributed by atoms with Crippen LogP contribution in [0, 0.1) is 0 Å². The highest BCUT2D eigenvalue weighted by molar-refractivity contribution is 5.75. The van der Waals surface area contributed by atoms with Crippen LogP contribution in [0.3, 0.4) is 0 Å². The fraction of sp³-hybridized carbons (Fsp3) is 0.200. The van der Waals surface area contributed by atoms with E-state index in [-0.39, 0.29) is 6.54 Å². The van der Waals surface area contributed by atoms with Crippen molar-refractivity contribution in [1.82, 2.24) is 9.55 Å². The minimum Gasteiger partial charge on any atom is -0.384 e. The molecule has 1 N–H and O–H groups in total. The summed E-state index contributed by atoms with van der Waals surface area (Å²) in [6.45, 7) is 0.254. The molecule has 0 aliphatic rings. The van der Waals surface area contributed by atoms with Crippen molar-refractivity contribution in [2.75, 3.05) is 0 Å². The zero-order valence-corrected chi connectivity index (χ0v) is 7.50. The molecule has 2 rings (SSSR count). The van der Waals surface area contributed by atoms with Crippen molar-refractivity contribution in [2.45, 2.75) is 12.6 Å². The summed E-state index contributed by atoms with van der Waals surface area (Å²) >= 11 is 0. The van der Waals surface area contributed by atoms with Gasteiger partial charge in [0.1, 0.15) is 12.4 Å². The van der Waals surface area contributed by atoms with E-state index in [1.807, 2.05) is 24.3 Å². The normalized spacial score (nSPS) is 12.9. The van der Waals surface area contributed by atoms with E-state index in [9.17, 15) is 9.90 Å². The van der Waals surface area contributed by atoms with E-state index in [0.29, 0.717) is 6.29 Å². The van der Waals surface area contributed by atoms with Crippen molar-refractivity contribution in [3.63, 3.8) is 0 Å². The first-order valence-corrected chi connectivity index (χ1v) is 4.34. The maximum atomic E-state index is 10.3. The fourth-order valence-electron chi connectivity index (χ4n) is 1.40. The maximum Gasteiger partial charge on any atom is 0.150 e. The lowest BCUT2D eigenvalue weighted by Crippen LogP contribution is -2.16. The Morgan fingerprint density at radius 2 is 2.29 bits per heavy atom. The van der Waals surface area contributed by atoms with E-state index < -0.39 is 6.10 Å². The number of hydrogen-bond acceptors (Lipinski definition) is 3. The molecule has 0 saturated heterocycles. The number of fused-ring (bicyclic) bond motifs is 1. The second kappa shape index (κ2) is 3.59. The van der Waals surface area contributed by atoms with Crippen LogP contribution in [0.15, 0.2) is 30.6 Å². The van der Waals surface area contributed by atoms with Gasteiger partial charge in [-0.2, -0.15) is 0 Å². The van der Waals surface area contributed by atoms with Crippen molar-refractivity contribution in [3.05, 3.63) is 30.6 Å². The van der Waals surface area contributed by atoms with Crippen LogP contribution >= 0.6 is 0 Å². The molecule has 0 radical (unpaired) electrons. The van der Waals surface area contributed by atoms with Crippen molar-refractivity contribution < 1.29 is 9.90 Å². The second-order valence-electron chi connectivity index (χ2n) is 3.09. The molecule has 0 bridgehead atoms. The third-order valence-electron chi connectivity index (χ3n) is 2.07. The first-order valence-electron chi connectivity index (χ1n) is 4.34. The van der Waals surface area contributed by atoms with Gasteiger partial charge in [-0.25, -0.2) is 4.98 Å². The van der Waals surface area contributed by atoms with Gasteiger partial charge in [-0.15, -0.1) is 0 Å². The fourth-order valence-corrected chi connectivity index (χ4v) is 1.40.